The molecule has 0 aromatic heterocycles. The number of carbonyl (C=O) groups is 2. The van der Waals surface area contributed by atoms with Gasteiger partial charge >= 0.3 is 0 Å². The van der Waals surface area contributed by atoms with Crippen molar-refractivity contribution in [3.8, 4) is 0 Å². The summed E-state index contributed by atoms with van der Waals surface area (Å²) in [6.45, 7) is 3.67. The second-order valence-electron chi connectivity index (χ2n) is 4.24. The number of nitrogens with zero attached hydrogens (tertiary/aromatic N) is 2. The van der Waals surface area contributed by atoms with Crippen LogP contribution in [0.1, 0.15) is 24.2 Å². The maximum absolute atomic E-state index is 11.9. The van der Waals surface area contributed by atoms with Gasteiger partial charge < -0.3 is 5.32 Å². The summed E-state index contributed by atoms with van der Waals surface area (Å²) in [6.07, 6.45) is 0. The predicted octanol–water partition coefficient (Wildman–Crippen LogP) is 1.40. The van der Waals surface area contributed by atoms with E-state index in [1.807, 2.05) is 13.8 Å². The second kappa shape index (κ2) is 4.60. The molecule has 1 aliphatic heterocycles. The van der Waals surface area contributed by atoms with Crippen molar-refractivity contribution in [3.63, 3.8) is 0 Å². The Balaban J connectivity index is 2.26. The molecule has 0 aliphatic carbocycles. The standard InChI is InChI=1S/C13H15N3O2/c1-8-9(2)15-16(13(8)18)11-6-4-10(5-7-11)12(17)14-3/h4-8H,1-3H3,(H,14,17). The average Bonchev–Trinajstić information content (AvgIpc) is 2.66. The Labute approximate surface area is 105 Å². The summed E-state index contributed by atoms with van der Waals surface area (Å²) < 4.78 is 0. The minimum atomic E-state index is -0.177. The lowest BCUT2D eigenvalue weighted by atomic mass is 10.1. The van der Waals surface area contributed by atoms with Crippen molar-refractivity contribution < 1.29 is 9.59 Å². The van der Waals surface area contributed by atoms with Crippen molar-refractivity contribution in [3.05, 3.63) is 29.8 Å². The molecule has 94 valence electrons. The smallest absolute Gasteiger partial charge is 0.255 e. The molecule has 5 heteroatoms. The number of nitrogens with one attached hydrogen (secondary N) is 1. The number of carbonyl (C=O) groups excluding carboxylic acids is 2. The number of benzene rings is 1. The molecule has 5 nitrogen and oxygen atoms in total. The molecule has 1 aromatic carbocycles. The van der Waals surface area contributed by atoms with Gasteiger partial charge in [0.1, 0.15) is 0 Å². The lowest BCUT2D eigenvalue weighted by Gasteiger charge is -2.13. The number of hydrogen-bond acceptors (Lipinski definition) is 3. The SMILES string of the molecule is CNC(=O)c1ccc(N2N=C(C)C(C)C2=O)cc1. The molecular weight excluding hydrogens is 230 g/mol. The van der Waals surface area contributed by atoms with Crippen LogP contribution in [0.25, 0.3) is 0 Å². The summed E-state index contributed by atoms with van der Waals surface area (Å²) in [5.41, 5.74) is 2.04. The summed E-state index contributed by atoms with van der Waals surface area (Å²) in [6, 6.07) is 6.79. The van der Waals surface area contributed by atoms with Gasteiger partial charge in [-0.2, -0.15) is 5.10 Å². The molecule has 1 unspecified atom stereocenters. The van der Waals surface area contributed by atoms with Gasteiger partial charge in [0.15, 0.2) is 0 Å². The van der Waals surface area contributed by atoms with Crippen LogP contribution in [0.2, 0.25) is 0 Å². The van der Waals surface area contributed by atoms with E-state index in [1.54, 1.807) is 31.3 Å². The van der Waals surface area contributed by atoms with E-state index in [0.717, 1.165) is 5.71 Å². The fourth-order valence-electron chi connectivity index (χ4n) is 1.74. The Bertz CT molecular complexity index is 520. The van der Waals surface area contributed by atoms with E-state index in [1.165, 1.54) is 5.01 Å². The zero-order valence-corrected chi connectivity index (χ0v) is 10.6. The topological polar surface area (TPSA) is 61.8 Å². The molecular formula is C13H15N3O2. The third-order valence-corrected chi connectivity index (χ3v) is 3.06. The van der Waals surface area contributed by atoms with E-state index in [4.69, 9.17) is 0 Å². The van der Waals surface area contributed by atoms with Gasteiger partial charge in [-0.3, -0.25) is 9.59 Å². The van der Waals surface area contributed by atoms with E-state index >= 15 is 0 Å². The van der Waals surface area contributed by atoms with E-state index in [9.17, 15) is 9.59 Å². The van der Waals surface area contributed by atoms with Crippen molar-refractivity contribution in [2.75, 3.05) is 12.1 Å². The van der Waals surface area contributed by atoms with Crippen LogP contribution in [-0.4, -0.2) is 24.6 Å². The van der Waals surface area contributed by atoms with Crippen molar-refractivity contribution in [2.24, 2.45) is 11.0 Å². The molecule has 1 aromatic rings. The Morgan fingerprint density at radius 3 is 2.39 bits per heavy atom. The van der Waals surface area contributed by atoms with Gasteiger partial charge in [-0.1, -0.05) is 0 Å². The van der Waals surface area contributed by atoms with Crippen LogP contribution in [-0.2, 0) is 4.79 Å². The van der Waals surface area contributed by atoms with Crippen LogP contribution in [0.3, 0.4) is 0 Å². The highest BCUT2D eigenvalue weighted by Gasteiger charge is 2.30. The fourth-order valence-corrected chi connectivity index (χ4v) is 1.74. The summed E-state index contributed by atoms with van der Waals surface area (Å²) in [4.78, 5) is 23.3. The molecule has 0 saturated heterocycles. The van der Waals surface area contributed by atoms with Crippen molar-refractivity contribution in [1.29, 1.82) is 0 Å². The first kappa shape index (κ1) is 12.3. The Morgan fingerprint density at radius 1 is 1.33 bits per heavy atom. The molecule has 18 heavy (non-hydrogen) atoms. The maximum atomic E-state index is 11.9. The van der Waals surface area contributed by atoms with E-state index in [2.05, 4.69) is 10.4 Å². The normalized spacial score (nSPS) is 18.8. The minimum absolute atomic E-state index is 0.0415. The molecule has 1 aliphatic rings. The largest absolute Gasteiger partial charge is 0.355 e. The number of amides is 2. The van der Waals surface area contributed by atoms with Crippen LogP contribution in [0, 0.1) is 5.92 Å². The molecule has 2 rings (SSSR count). The zero-order valence-electron chi connectivity index (χ0n) is 10.6. The van der Waals surface area contributed by atoms with Gasteiger partial charge in [0.25, 0.3) is 11.8 Å². The van der Waals surface area contributed by atoms with Crippen molar-refractivity contribution in [2.45, 2.75) is 13.8 Å². The first-order chi connectivity index (χ1) is 8.54. The molecule has 1 N–H and O–H groups in total. The van der Waals surface area contributed by atoms with E-state index < -0.39 is 0 Å². The van der Waals surface area contributed by atoms with E-state index in [0.29, 0.717) is 11.3 Å². The second-order valence-corrected chi connectivity index (χ2v) is 4.24. The average molecular weight is 245 g/mol. The van der Waals surface area contributed by atoms with Gasteiger partial charge in [0, 0.05) is 18.3 Å². The summed E-state index contributed by atoms with van der Waals surface area (Å²) in [5.74, 6) is -0.369. The van der Waals surface area contributed by atoms with E-state index in [-0.39, 0.29) is 17.7 Å². The minimum Gasteiger partial charge on any atom is -0.355 e. The third kappa shape index (κ3) is 1.99. The number of anilines is 1. The number of rotatable bonds is 2. The molecule has 0 saturated carbocycles. The Morgan fingerprint density at radius 2 is 1.94 bits per heavy atom. The van der Waals surface area contributed by atoms with Gasteiger partial charge in [0.2, 0.25) is 0 Å². The first-order valence-corrected chi connectivity index (χ1v) is 5.76. The first-order valence-electron chi connectivity index (χ1n) is 5.76. The van der Waals surface area contributed by atoms with Gasteiger partial charge in [-0.15, -0.1) is 0 Å². The fraction of sp³-hybridized carbons (Fsp3) is 0.308. The van der Waals surface area contributed by atoms with Crippen LogP contribution in [0.5, 0.6) is 0 Å². The Kier molecular flexibility index (Phi) is 3.14. The quantitative estimate of drug-likeness (QED) is 0.856. The van der Waals surface area contributed by atoms with Gasteiger partial charge in [0.05, 0.1) is 11.6 Å². The lowest BCUT2D eigenvalue weighted by molar-refractivity contribution is -0.119. The molecule has 2 amide bonds. The lowest BCUT2D eigenvalue weighted by Crippen LogP contribution is -2.25. The number of hydrogen-bond donors (Lipinski definition) is 1. The molecule has 0 radical (unpaired) electrons. The highest BCUT2D eigenvalue weighted by molar-refractivity contribution is 6.14. The maximum Gasteiger partial charge on any atom is 0.255 e. The Hall–Kier alpha value is -2.17. The molecule has 0 fully saturated rings. The predicted molar refractivity (Wildman–Crippen MR) is 69.6 cm³/mol. The summed E-state index contributed by atoms with van der Waals surface area (Å²) >= 11 is 0. The van der Waals surface area contributed by atoms with Crippen LogP contribution >= 0.6 is 0 Å². The van der Waals surface area contributed by atoms with Crippen LogP contribution < -0.4 is 10.3 Å². The van der Waals surface area contributed by atoms with Gasteiger partial charge in [-0.25, -0.2) is 5.01 Å². The molecule has 0 spiro atoms. The number of hydrazone groups is 1. The highest BCUT2D eigenvalue weighted by atomic mass is 16.2. The summed E-state index contributed by atoms with van der Waals surface area (Å²) in [5, 5.41) is 8.14. The summed E-state index contributed by atoms with van der Waals surface area (Å²) in [7, 11) is 1.58. The third-order valence-electron chi connectivity index (χ3n) is 3.06. The van der Waals surface area contributed by atoms with Crippen molar-refractivity contribution in [1.82, 2.24) is 5.32 Å². The highest BCUT2D eigenvalue weighted by Crippen LogP contribution is 2.23. The van der Waals surface area contributed by atoms with Crippen LogP contribution in [0.4, 0.5) is 5.69 Å². The molecule has 1 heterocycles. The van der Waals surface area contributed by atoms with Crippen LogP contribution in [0.15, 0.2) is 29.4 Å². The zero-order chi connectivity index (χ0) is 13.3. The van der Waals surface area contributed by atoms with Gasteiger partial charge in [-0.05, 0) is 38.1 Å². The monoisotopic (exact) mass is 245 g/mol. The molecule has 0 bridgehead atoms. The van der Waals surface area contributed by atoms with Crippen molar-refractivity contribution >= 4 is 23.2 Å². The molecule has 1 atom stereocenters.